The van der Waals surface area contributed by atoms with Gasteiger partial charge in [0.1, 0.15) is 23.7 Å². The molecule has 0 saturated carbocycles. The molecule has 2 aliphatic rings. The molecule has 0 spiro atoms. The van der Waals surface area contributed by atoms with Crippen LogP contribution in [0.25, 0.3) is 0 Å². The van der Waals surface area contributed by atoms with Crippen molar-refractivity contribution in [3.05, 3.63) is 88.5 Å². The van der Waals surface area contributed by atoms with Gasteiger partial charge in [0, 0.05) is 18.4 Å². The number of esters is 1. The Hall–Kier alpha value is -3.75. The molecule has 0 amide bonds. The van der Waals surface area contributed by atoms with Gasteiger partial charge in [-0.15, -0.1) is 13.2 Å². The first-order chi connectivity index (χ1) is 16.4. The molecule has 0 fully saturated rings. The number of carbonyl (C=O) groups is 2. The van der Waals surface area contributed by atoms with E-state index in [0.29, 0.717) is 17.7 Å². The Morgan fingerprint density at radius 1 is 1.09 bits per heavy atom. The largest absolute Gasteiger partial charge is 0.573 e. The fourth-order valence-electron chi connectivity index (χ4n) is 4.38. The first-order valence-corrected chi connectivity index (χ1v) is 10.9. The van der Waals surface area contributed by atoms with Crippen LogP contribution in [0.15, 0.2) is 77.4 Å². The molecule has 1 aliphatic heterocycles. The smallest absolute Gasteiger partial charge is 0.457 e. The number of ketones is 1. The van der Waals surface area contributed by atoms with E-state index in [9.17, 15) is 22.8 Å². The number of hydrogen-bond acceptors (Lipinski definition) is 6. The molecule has 0 aromatic heterocycles. The summed E-state index contributed by atoms with van der Waals surface area (Å²) in [6, 6.07) is 14.0. The highest BCUT2D eigenvalue weighted by Gasteiger charge is 2.45. The van der Waals surface area contributed by atoms with E-state index in [1.54, 1.807) is 24.3 Å². The van der Waals surface area contributed by atoms with E-state index in [2.05, 4.69) is 4.74 Å². The zero-order valence-corrected chi connectivity index (χ0v) is 19.1. The van der Waals surface area contributed by atoms with Gasteiger partial charge in [-0.2, -0.15) is 0 Å². The molecule has 1 atom stereocenters. The second-order valence-corrected chi connectivity index (χ2v) is 9.27. The van der Waals surface area contributed by atoms with Crippen LogP contribution in [-0.4, -0.2) is 18.1 Å². The third-order valence-corrected chi connectivity index (χ3v) is 5.83. The van der Waals surface area contributed by atoms with Gasteiger partial charge in [-0.05, 0) is 28.7 Å². The number of carbonyl (C=O) groups excluding carboxylic acids is 2. The summed E-state index contributed by atoms with van der Waals surface area (Å²) in [5.74, 6) is -2.24. The average molecular weight is 487 g/mol. The Balaban J connectivity index is 1.71. The maximum absolute atomic E-state index is 13.2. The Kier molecular flexibility index (Phi) is 6.36. The molecule has 2 aromatic carbocycles. The molecule has 9 heteroatoms. The number of benzene rings is 2. The lowest BCUT2D eigenvalue weighted by atomic mass is 9.70. The summed E-state index contributed by atoms with van der Waals surface area (Å²) < 4.78 is 53.0. The molecule has 4 rings (SSSR count). The number of ether oxygens (including phenoxy) is 3. The standard InChI is InChI=1S/C26H24F3NO5/c1-25(2)12-18(31)21-19(13-25)34-23(30)22(24(32)33-14-15-6-4-3-5-7-15)20(21)16-8-10-17(11-9-16)35-26(27,28)29/h3-11,20H,12-14,30H2,1-2H3/t20-/m0/s1. The molecule has 0 bridgehead atoms. The van der Waals surface area contributed by atoms with Crippen LogP contribution in [0.4, 0.5) is 13.2 Å². The molecule has 184 valence electrons. The predicted molar refractivity (Wildman–Crippen MR) is 119 cm³/mol. The second-order valence-electron chi connectivity index (χ2n) is 9.27. The van der Waals surface area contributed by atoms with Crippen LogP contribution in [0.1, 0.15) is 43.7 Å². The maximum Gasteiger partial charge on any atom is 0.573 e. The first-order valence-electron chi connectivity index (χ1n) is 10.9. The summed E-state index contributed by atoms with van der Waals surface area (Å²) in [4.78, 5) is 26.4. The lowest BCUT2D eigenvalue weighted by Gasteiger charge is -2.38. The first kappa shape index (κ1) is 24.4. The number of allylic oxidation sites excluding steroid dienone is 2. The quantitative estimate of drug-likeness (QED) is 0.580. The molecule has 35 heavy (non-hydrogen) atoms. The molecular formula is C26H24F3NO5. The van der Waals surface area contributed by atoms with Crippen molar-refractivity contribution in [3.63, 3.8) is 0 Å². The van der Waals surface area contributed by atoms with Crippen molar-refractivity contribution < 1.29 is 37.0 Å². The summed E-state index contributed by atoms with van der Waals surface area (Å²) in [6.45, 7) is 3.80. The van der Waals surface area contributed by atoms with Gasteiger partial charge in [-0.25, -0.2) is 4.79 Å². The van der Waals surface area contributed by atoms with E-state index >= 15 is 0 Å². The van der Waals surface area contributed by atoms with Crippen LogP contribution in [0.2, 0.25) is 0 Å². The van der Waals surface area contributed by atoms with Crippen molar-refractivity contribution in [2.45, 2.75) is 45.6 Å². The van der Waals surface area contributed by atoms with Crippen molar-refractivity contribution in [3.8, 4) is 5.75 Å². The van der Waals surface area contributed by atoms with Crippen LogP contribution < -0.4 is 10.5 Å². The van der Waals surface area contributed by atoms with Gasteiger partial charge in [-0.3, -0.25) is 4.79 Å². The minimum absolute atomic E-state index is 0.0333. The Bertz CT molecular complexity index is 1200. The van der Waals surface area contributed by atoms with Crippen molar-refractivity contribution in [2.75, 3.05) is 0 Å². The van der Waals surface area contributed by atoms with Gasteiger partial charge in [-0.1, -0.05) is 56.3 Å². The van der Waals surface area contributed by atoms with Crippen molar-refractivity contribution in [1.29, 1.82) is 0 Å². The van der Waals surface area contributed by atoms with Crippen LogP contribution in [0.5, 0.6) is 5.75 Å². The molecular weight excluding hydrogens is 463 g/mol. The second kappa shape index (κ2) is 9.13. The minimum Gasteiger partial charge on any atom is -0.457 e. The average Bonchev–Trinajstić information content (AvgIpc) is 2.76. The third-order valence-electron chi connectivity index (χ3n) is 5.83. The highest BCUT2D eigenvalue weighted by atomic mass is 19.4. The lowest BCUT2D eigenvalue weighted by molar-refractivity contribution is -0.274. The van der Waals surface area contributed by atoms with E-state index in [1.165, 1.54) is 12.1 Å². The number of nitrogens with two attached hydrogens (primary N) is 1. The van der Waals surface area contributed by atoms with Gasteiger partial charge in [0.15, 0.2) is 5.78 Å². The molecule has 0 radical (unpaired) electrons. The van der Waals surface area contributed by atoms with Gasteiger partial charge in [0.25, 0.3) is 0 Å². The topological polar surface area (TPSA) is 87.9 Å². The zero-order valence-electron chi connectivity index (χ0n) is 19.1. The number of rotatable bonds is 5. The van der Waals surface area contributed by atoms with E-state index < -0.39 is 24.0 Å². The van der Waals surface area contributed by atoms with E-state index in [-0.39, 0.29) is 41.3 Å². The summed E-state index contributed by atoms with van der Waals surface area (Å²) in [7, 11) is 0. The van der Waals surface area contributed by atoms with E-state index in [0.717, 1.165) is 17.7 Å². The number of halogens is 3. The molecule has 1 heterocycles. The summed E-state index contributed by atoms with van der Waals surface area (Å²) >= 11 is 0. The summed E-state index contributed by atoms with van der Waals surface area (Å²) in [6.07, 6.45) is -4.22. The summed E-state index contributed by atoms with van der Waals surface area (Å²) in [5.41, 5.74) is 7.11. The molecule has 2 N–H and O–H groups in total. The van der Waals surface area contributed by atoms with E-state index in [4.69, 9.17) is 15.2 Å². The monoisotopic (exact) mass is 487 g/mol. The fourth-order valence-corrected chi connectivity index (χ4v) is 4.38. The number of hydrogen-bond donors (Lipinski definition) is 1. The normalized spacial score (nSPS) is 19.7. The van der Waals surface area contributed by atoms with Crippen LogP contribution >= 0.6 is 0 Å². The van der Waals surface area contributed by atoms with Crippen LogP contribution in [-0.2, 0) is 25.7 Å². The van der Waals surface area contributed by atoms with Gasteiger partial charge >= 0.3 is 12.3 Å². The number of Topliss-reactive ketones (excluding diaryl/α,β-unsaturated/α-hetero) is 1. The highest BCUT2D eigenvalue weighted by Crippen LogP contribution is 2.48. The van der Waals surface area contributed by atoms with Gasteiger partial charge < -0.3 is 19.9 Å². The van der Waals surface area contributed by atoms with Crippen molar-refractivity contribution in [1.82, 2.24) is 0 Å². The van der Waals surface area contributed by atoms with Crippen LogP contribution in [0.3, 0.4) is 0 Å². The van der Waals surface area contributed by atoms with Crippen molar-refractivity contribution >= 4 is 11.8 Å². The van der Waals surface area contributed by atoms with Crippen LogP contribution in [0, 0.1) is 5.41 Å². The molecule has 2 aromatic rings. The number of alkyl halides is 3. The Labute approximate surface area is 200 Å². The zero-order chi connectivity index (χ0) is 25.4. The lowest BCUT2D eigenvalue weighted by Crippen LogP contribution is -2.35. The third kappa shape index (κ3) is 5.50. The van der Waals surface area contributed by atoms with Gasteiger partial charge in [0.2, 0.25) is 5.88 Å². The summed E-state index contributed by atoms with van der Waals surface area (Å²) in [5, 5.41) is 0. The molecule has 6 nitrogen and oxygen atoms in total. The Morgan fingerprint density at radius 3 is 2.37 bits per heavy atom. The Morgan fingerprint density at radius 2 is 1.74 bits per heavy atom. The van der Waals surface area contributed by atoms with E-state index in [1.807, 2.05) is 19.9 Å². The molecule has 1 aliphatic carbocycles. The fraction of sp³-hybridized carbons (Fsp3) is 0.308. The SMILES string of the molecule is CC1(C)CC(=O)C2=C(C1)OC(N)=C(C(=O)OCc1ccccc1)[C@H]2c1ccc(OC(F)(F)F)cc1. The highest BCUT2D eigenvalue weighted by molar-refractivity contribution is 6.03. The minimum atomic E-state index is -4.85. The maximum atomic E-state index is 13.2. The molecule has 0 unspecified atom stereocenters. The predicted octanol–water partition coefficient (Wildman–Crippen LogP) is 5.26. The van der Waals surface area contributed by atoms with Crippen molar-refractivity contribution in [2.24, 2.45) is 11.1 Å². The van der Waals surface area contributed by atoms with Gasteiger partial charge in [0.05, 0.1) is 5.92 Å². The molecule has 0 saturated heterocycles.